The molecule has 1 amide bonds. The van der Waals surface area contributed by atoms with Crippen molar-refractivity contribution in [2.75, 3.05) is 20.3 Å². The second-order valence-electron chi connectivity index (χ2n) is 4.39. The predicted octanol–water partition coefficient (Wildman–Crippen LogP) is 1.37. The first-order valence-electron chi connectivity index (χ1n) is 5.92. The van der Waals surface area contributed by atoms with Crippen LogP contribution in [0, 0.1) is 5.92 Å². The topological polar surface area (TPSA) is 66.8 Å². The number of methoxy groups -OCH3 is 1. The monoisotopic (exact) mass is 245 g/mol. The third-order valence-electron chi connectivity index (χ3n) is 2.65. The number of hydrogen-bond acceptors (Lipinski definition) is 3. The van der Waals surface area contributed by atoms with E-state index in [1.807, 2.05) is 13.8 Å². The Balaban J connectivity index is 4.29. The van der Waals surface area contributed by atoms with Gasteiger partial charge in [-0.25, -0.2) is 0 Å². The van der Waals surface area contributed by atoms with Crippen molar-refractivity contribution in [2.45, 2.75) is 39.7 Å². The number of aliphatic carboxylic acids is 1. The Kier molecular flexibility index (Phi) is 7.54. The lowest BCUT2D eigenvalue weighted by atomic mass is 10.0. The molecule has 0 bridgehead atoms. The van der Waals surface area contributed by atoms with Crippen LogP contribution in [0.2, 0.25) is 0 Å². The lowest BCUT2D eigenvalue weighted by Gasteiger charge is -2.28. The molecule has 0 saturated carbocycles. The summed E-state index contributed by atoms with van der Waals surface area (Å²) in [6.45, 7) is 6.72. The van der Waals surface area contributed by atoms with Gasteiger partial charge < -0.3 is 14.7 Å². The Morgan fingerprint density at radius 2 is 1.88 bits per heavy atom. The molecule has 0 spiro atoms. The van der Waals surface area contributed by atoms with E-state index in [2.05, 4.69) is 0 Å². The molecule has 5 nitrogen and oxygen atoms in total. The van der Waals surface area contributed by atoms with Crippen molar-refractivity contribution >= 4 is 11.9 Å². The highest BCUT2D eigenvalue weighted by Crippen LogP contribution is 2.12. The van der Waals surface area contributed by atoms with Gasteiger partial charge in [-0.05, 0) is 19.8 Å². The maximum absolute atomic E-state index is 12.0. The smallest absolute Gasteiger partial charge is 0.303 e. The molecular formula is C12H23NO4. The number of carbonyl (C=O) groups is 2. The minimum absolute atomic E-state index is 0.00852. The molecule has 0 rings (SSSR count). The molecule has 0 aromatic rings. The van der Waals surface area contributed by atoms with E-state index in [4.69, 9.17) is 9.84 Å². The van der Waals surface area contributed by atoms with E-state index >= 15 is 0 Å². The fourth-order valence-electron chi connectivity index (χ4n) is 1.85. The zero-order chi connectivity index (χ0) is 13.4. The fraction of sp³-hybridized carbons (Fsp3) is 0.833. The number of carboxylic acid groups (broad SMARTS) is 1. The largest absolute Gasteiger partial charge is 0.481 e. The first-order chi connectivity index (χ1) is 7.92. The highest BCUT2D eigenvalue weighted by molar-refractivity contribution is 5.77. The molecule has 5 heteroatoms. The Hall–Kier alpha value is -1.10. The number of carbonyl (C=O) groups excluding carboxylic acids is 1. The van der Waals surface area contributed by atoms with E-state index in [-0.39, 0.29) is 30.7 Å². The van der Waals surface area contributed by atoms with Gasteiger partial charge in [-0.2, -0.15) is 0 Å². The molecule has 0 aliphatic carbocycles. The van der Waals surface area contributed by atoms with Gasteiger partial charge in [-0.1, -0.05) is 6.92 Å². The molecule has 2 unspecified atom stereocenters. The first-order valence-corrected chi connectivity index (χ1v) is 5.92. The van der Waals surface area contributed by atoms with Crippen molar-refractivity contribution in [2.24, 2.45) is 5.92 Å². The fourth-order valence-corrected chi connectivity index (χ4v) is 1.85. The molecule has 100 valence electrons. The van der Waals surface area contributed by atoms with Gasteiger partial charge in [0.1, 0.15) is 0 Å². The number of ether oxygens (including phenoxy) is 1. The van der Waals surface area contributed by atoms with Gasteiger partial charge in [0.25, 0.3) is 0 Å². The third kappa shape index (κ3) is 6.26. The van der Waals surface area contributed by atoms with Crippen LogP contribution in [-0.2, 0) is 14.3 Å². The van der Waals surface area contributed by atoms with Crippen LogP contribution in [-0.4, -0.2) is 48.2 Å². The van der Waals surface area contributed by atoms with E-state index in [0.29, 0.717) is 13.2 Å². The molecular weight excluding hydrogens is 222 g/mol. The minimum Gasteiger partial charge on any atom is -0.481 e. The summed E-state index contributed by atoms with van der Waals surface area (Å²) in [5.74, 6) is -1.01. The predicted molar refractivity (Wildman–Crippen MR) is 64.8 cm³/mol. The molecule has 0 fully saturated rings. The summed E-state index contributed by atoms with van der Waals surface area (Å²) in [7, 11) is 1.60. The Labute approximate surface area is 103 Å². The number of carboxylic acids is 1. The second kappa shape index (κ2) is 8.06. The van der Waals surface area contributed by atoms with Crippen molar-refractivity contribution < 1.29 is 19.4 Å². The molecule has 0 aromatic carbocycles. The van der Waals surface area contributed by atoms with Gasteiger partial charge in [0.05, 0.1) is 12.6 Å². The van der Waals surface area contributed by atoms with Crippen LogP contribution in [0.1, 0.15) is 33.6 Å². The number of rotatable bonds is 8. The van der Waals surface area contributed by atoms with Crippen molar-refractivity contribution in [1.29, 1.82) is 0 Å². The molecule has 17 heavy (non-hydrogen) atoms. The molecule has 0 aliphatic heterocycles. The Morgan fingerprint density at radius 1 is 1.29 bits per heavy atom. The van der Waals surface area contributed by atoms with E-state index in [9.17, 15) is 9.59 Å². The molecule has 0 aromatic heterocycles. The summed E-state index contributed by atoms with van der Waals surface area (Å²) < 4.78 is 5.02. The molecule has 0 aliphatic rings. The minimum atomic E-state index is -0.863. The van der Waals surface area contributed by atoms with Gasteiger partial charge in [-0.3, -0.25) is 9.59 Å². The maximum atomic E-state index is 12.0. The number of likely N-dealkylation sites (N-methyl/N-ethyl adjacent to an activating group) is 1. The molecule has 0 saturated heterocycles. The van der Waals surface area contributed by atoms with E-state index in [1.54, 1.807) is 18.9 Å². The van der Waals surface area contributed by atoms with Gasteiger partial charge in [-0.15, -0.1) is 0 Å². The summed E-state index contributed by atoms with van der Waals surface area (Å²) in [5.41, 5.74) is 0. The second-order valence-corrected chi connectivity index (χ2v) is 4.39. The zero-order valence-corrected chi connectivity index (χ0v) is 11.1. The number of hydrogen-bond donors (Lipinski definition) is 1. The first kappa shape index (κ1) is 15.9. The molecule has 0 heterocycles. The van der Waals surface area contributed by atoms with Crippen LogP contribution in [0.15, 0.2) is 0 Å². The highest BCUT2D eigenvalue weighted by atomic mass is 16.5. The summed E-state index contributed by atoms with van der Waals surface area (Å²) >= 11 is 0. The number of amides is 1. The maximum Gasteiger partial charge on any atom is 0.303 e. The lowest BCUT2D eigenvalue weighted by molar-refractivity contribution is -0.139. The highest BCUT2D eigenvalue weighted by Gasteiger charge is 2.21. The lowest BCUT2D eigenvalue weighted by Crippen LogP contribution is -2.41. The van der Waals surface area contributed by atoms with Crippen molar-refractivity contribution in [3.8, 4) is 0 Å². The van der Waals surface area contributed by atoms with Crippen molar-refractivity contribution in [1.82, 2.24) is 4.90 Å². The Morgan fingerprint density at radius 3 is 2.29 bits per heavy atom. The summed E-state index contributed by atoms with van der Waals surface area (Å²) in [6.07, 6.45) is 0.302. The van der Waals surface area contributed by atoms with Crippen LogP contribution in [0.4, 0.5) is 0 Å². The normalized spacial score (nSPS) is 14.1. The van der Waals surface area contributed by atoms with Crippen molar-refractivity contribution in [3.63, 3.8) is 0 Å². The van der Waals surface area contributed by atoms with Crippen LogP contribution in [0.3, 0.4) is 0 Å². The third-order valence-corrected chi connectivity index (χ3v) is 2.65. The standard InChI is InChI=1S/C12H23NO4/c1-5-13(10(3)8-17-4)11(14)6-9(2)7-12(15)16/h9-10H,5-8H2,1-4H3,(H,15,16). The van der Waals surface area contributed by atoms with Crippen molar-refractivity contribution in [3.05, 3.63) is 0 Å². The van der Waals surface area contributed by atoms with Crippen LogP contribution in [0.25, 0.3) is 0 Å². The van der Waals surface area contributed by atoms with Gasteiger partial charge in [0.15, 0.2) is 0 Å². The SMILES string of the molecule is CCN(C(=O)CC(C)CC(=O)O)C(C)COC. The van der Waals surface area contributed by atoms with E-state index < -0.39 is 5.97 Å². The summed E-state index contributed by atoms with van der Waals surface area (Å²) in [4.78, 5) is 24.2. The van der Waals surface area contributed by atoms with Crippen LogP contribution < -0.4 is 0 Å². The zero-order valence-electron chi connectivity index (χ0n) is 11.1. The molecule has 1 N–H and O–H groups in total. The van der Waals surface area contributed by atoms with Gasteiger partial charge in [0, 0.05) is 26.5 Å². The van der Waals surface area contributed by atoms with E-state index in [1.165, 1.54) is 0 Å². The average molecular weight is 245 g/mol. The Bertz CT molecular complexity index is 255. The number of nitrogens with zero attached hydrogens (tertiary/aromatic N) is 1. The van der Waals surface area contributed by atoms with Gasteiger partial charge in [0.2, 0.25) is 5.91 Å². The van der Waals surface area contributed by atoms with E-state index in [0.717, 1.165) is 0 Å². The van der Waals surface area contributed by atoms with Crippen LogP contribution in [0.5, 0.6) is 0 Å². The summed E-state index contributed by atoms with van der Waals surface area (Å²) in [6, 6.07) is 0.0227. The quantitative estimate of drug-likeness (QED) is 0.701. The van der Waals surface area contributed by atoms with Gasteiger partial charge >= 0.3 is 5.97 Å². The van der Waals surface area contributed by atoms with Crippen LogP contribution >= 0.6 is 0 Å². The summed E-state index contributed by atoms with van der Waals surface area (Å²) in [5, 5.41) is 8.64. The average Bonchev–Trinajstić information content (AvgIpc) is 2.17. The molecule has 0 radical (unpaired) electrons. The molecule has 2 atom stereocenters.